The molecule has 1 aromatic rings. The molecule has 6 heteroatoms. The van der Waals surface area contributed by atoms with Gasteiger partial charge in [0.05, 0.1) is 12.1 Å². The van der Waals surface area contributed by atoms with E-state index in [0.717, 1.165) is 49.1 Å². The van der Waals surface area contributed by atoms with Crippen LogP contribution in [0.15, 0.2) is 24.3 Å². The lowest BCUT2D eigenvalue weighted by atomic mass is 9.53. The first-order valence-electron chi connectivity index (χ1n) is 9.03. The van der Waals surface area contributed by atoms with E-state index in [0.29, 0.717) is 0 Å². The summed E-state index contributed by atoms with van der Waals surface area (Å²) in [5, 5.41) is 6.04. The third kappa shape index (κ3) is 3.54. The number of carbonyl (C=O) groups is 1. The van der Waals surface area contributed by atoms with Crippen LogP contribution >= 0.6 is 0 Å². The first kappa shape index (κ1) is 16.9. The number of hydrogen-bond acceptors (Lipinski definition) is 2. The molecule has 0 spiro atoms. The molecule has 2 N–H and O–H groups in total. The highest BCUT2D eigenvalue weighted by Gasteiger charge is 2.50. The van der Waals surface area contributed by atoms with Crippen LogP contribution in [0.2, 0.25) is 0 Å². The van der Waals surface area contributed by atoms with Gasteiger partial charge in [-0.15, -0.1) is 0 Å². The van der Waals surface area contributed by atoms with E-state index in [1.807, 2.05) is 0 Å². The van der Waals surface area contributed by atoms with E-state index in [-0.39, 0.29) is 23.7 Å². The molecule has 4 fully saturated rings. The van der Waals surface area contributed by atoms with Gasteiger partial charge in [-0.3, -0.25) is 4.79 Å². The van der Waals surface area contributed by atoms with E-state index < -0.39 is 11.7 Å². The maximum absolute atomic E-state index is 12.8. The lowest BCUT2D eigenvalue weighted by Gasteiger charge is -2.57. The van der Waals surface area contributed by atoms with Gasteiger partial charge in [0.25, 0.3) is 0 Å². The summed E-state index contributed by atoms with van der Waals surface area (Å²) in [6, 6.07) is 4.77. The summed E-state index contributed by atoms with van der Waals surface area (Å²) in [5.41, 5.74) is -0.494. The Bertz CT molecular complexity index is 636. The lowest BCUT2D eigenvalue weighted by molar-refractivity contribution is -0.137. The molecule has 0 aliphatic heterocycles. The standard InChI is InChI=1S/C19H23F3N2O/c20-19(21,22)15-2-1-3-16(7-15)24-17(25)11-23-18-8-12-4-13(9-18)6-14(5-12)10-18/h1-3,7,12-14,23H,4-6,8-11H2,(H,24,25). The Labute approximate surface area is 145 Å². The zero-order valence-electron chi connectivity index (χ0n) is 14.0. The monoisotopic (exact) mass is 352 g/mol. The highest BCUT2D eigenvalue weighted by molar-refractivity contribution is 5.92. The first-order valence-corrected chi connectivity index (χ1v) is 9.03. The summed E-state index contributed by atoms with van der Waals surface area (Å²) >= 11 is 0. The first-order chi connectivity index (χ1) is 11.8. The number of alkyl halides is 3. The van der Waals surface area contributed by atoms with E-state index in [4.69, 9.17) is 0 Å². The molecule has 1 amide bonds. The molecular weight excluding hydrogens is 329 g/mol. The summed E-state index contributed by atoms with van der Waals surface area (Å²) in [6.07, 6.45) is 2.99. The molecule has 4 aliphatic rings. The van der Waals surface area contributed by atoms with Gasteiger partial charge in [-0.1, -0.05) is 6.07 Å². The van der Waals surface area contributed by atoms with E-state index in [1.54, 1.807) is 0 Å². The second-order valence-electron chi connectivity index (χ2n) is 8.18. The number of halogens is 3. The molecule has 0 unspecified atom stereocenters. The van der Waals surface area contributed by atoms with Crippen molar-refractivity contribution >= 4 is 11.6 Å². The summed E-state index contributed by atoms with van der Waals surface area (Å²) < 4.78 is 38.3. The fourth-order valence-corrected chi connectivity index (χ4v) is 5.57. The molecule has 4 aliphatic carbocycles. The summed E-state index contributed by atoms with van der Waals surface area (Å²) in [7, 11) is 0. The van der Waals surface area contributed by atoms with Crippen molar-refractivity contribution in [3.63, 3.8) is 0 Å². The van der Waals surface area contributed by atoms with Gasteiger partial charge in [-0.25, -0.2) is 0 Å². The number of amides is 1. The zero-order valence-corrected chi connectivity index (χ0v) is 14.0. The molecule has 0 heterocycles. The summed E-state index contributed by atoms with van der Waals surface area (Å²) in [5.74, 6) is 2.07. The number of rotatable bonds is 4. The van der Waals surface area contributed by atoms with E-state index in [9.17, 15) is 18.0 Å². The number of benzene rings is 1. The molecule has 0 atom stereocenters. The Hall–Kier alpha value is -1.56. The Morgan fingerprint density at radius 3 is 2.24 bits per heavy atom. The summed E-state index contributed by atoms with van der Waals surface area (Å²) in [6.45, 7) is 0.155. The molecule has 1 aromatic carbocycles. The molecule has 0 radical (unpaired) electrons. The van der Waals surface area contributed by atoms with Crippen LogP contribution < -0.4 is 10.6 Å². The van der Waals surface area contributed by atoms with Crippen LogP contribution in [0.4, 0.5) is 18.9 Å². The Kier molecular flexibility index (Phi) is 4.06. The average Bonchev–Trinajstić information content (AvgIpc) is 2.51. The Balaban J connectivity index is 1.36. The van der Waals surface area contributed by atoms with Crippen LogP contribution in [-0.2, 0) is 11.0 Å². The largest absolute Gasteiger partial charge is 0.416 e. The van der Waals surface area contributed by atoms with Crippen molar-refractivity contribution in [2.45, 2.75) is 50.2 Å². The molecule has 3 nitrogen and oxygen atoms in total. The Morgan fingerprint density at radius 1 is 1.08 bits per heavy atom. The number of carbonyl (C=O) groups excluding carboxylic acids is 1. The van der Waals surface area contributed by atoms with Crippen LogP contribution in [0.5, 0.6) is 0 Å². The van der Waals surface area contributed by atoms with Crippen LogP contribution in [0.1, 0.15) is 44.1 Å². The van der Waals surface area contributed by atoms with Gasteiger partial charge >= 0.3 is 6.18 Å². The third-order valence-electron chi connectivity index (χ3n) is 6.14. The van der Waals surface area contributed by atoms with E-state index >= 15 is 0 Å². The van der Waals surface area contributed by atoms with Crippen LogP contribution in [0, 0.1) is 17.8 Å². The van der Waals surface area contributed by atoms with Gasteiger partial charge in [-0.05, 0) is 74.5 Å². The van der Waals surface area contributed by atoms with Crippen molar-refractivity contribution in [1.29, 1.82) is 0 Å². The van der Waals surface area contributed by atoms with Gasteiger partial charge in [-0.2, -0.15) is 13.2 Å². The van der Waals surface area contributed by atoms with Gasteiger partial charge in [0.2, 0.25) is 5.91 Å². The maximum Gasteiger partial charge on any atom is 0.416 e. The SMILES string of the molecule is O=C(CNC12CC3CC(CC(C3)C1)C2)Nc1cccc(C(F)(F)F)c1. The highest BCUT2D eigenvalue weighted by atomic mass is 19.4. The van der Waals surface area contributed by atoms with E-state index in [1.165, 1.54) is 31.4 Å². The molecule has 5 rings (SSSR count). The second-order valence-corrected chi connectivity index (χ2v) is 8.18. The molecule has 25 heavy (non-hydrogen) atoms. The van der Waals surface area contributed by atoms with Gasteiger partial charge in [0.15, 0.2) is 0 Å². The minimum atomic E-state index is -4.40. The average molecular weight is 352 g/mol. The second kappa shape index (κ2) is 6.01. The van der Waals surface area contributed by atoms with Crippen molar-refractivity contribution < 1.29 is 18.0 Å². The smallest absolute Gasteiger partial charge is 0.325 e. The van der Waals surface area contributed by atoms with Crippen LogP contribution in [0.3, 0.4) is 0 Å². The molecule has 0 saturated heterocycles. The minimum absolute atomic E-state index is 0.0694. The lowest BCUT2D eigenvalue weighted by Crippen LogP contribution is -2.59. The molecule has 136 valence electrons. The molecular formula is C19H23F3N2O. The van der Waals surface area contributed by atoms with Crippen molar-refractivity contribution in [3.05, 3.63) is 29.8 Å². The molecule has 0 aromatic heterocycles. The Morgan fingerprint density at radius 2 is 1.68 bits per heavy atom. The van der Waals surface area contributed by atoms with E-state index in [2.05, 4.69) is 10.6 Å². The topological polar surface area (TPSA) is 41.1 Å². The van der Waals surface area contributed by atoms with Gasteiger partial charge in [0, 0.05) is 11.2 Å². The molecule has 4 bridgehead atoms. The van der Waals surface area contributed by atoms with Gasteiger partial charge in [0.1, 0.15) is 0 Å². The molecule has 4 saturated carbocycles. The van der Waals surface area contributed by atoms with Crippen LogP contribution in [0.25, 0.3) is 0 Å². The zero-order chi connectivity index (χ0) is 17.7. The predicted octanol–water partition coefficient (Wildman–Crippen LogP) is 4.20. The fraction of sp³-hybridized carbons (Fsp3) is 0.632. The number of hydrogen-bond donors (Lipinski definition) is 2. The van der Waals surface area contributed by atoms with Gasteiger partial charge < -0.3 is 10.6 Å². The van der Waals surface area contributed by atoms with Crippen LogP contribution in [-0.4, -0.2) is 18.0 Å². The van der Waals surface area contributed by atoms with Crippen molar-refractivity contribution in [3.8, 4) is 0 Å². The normalized spacial score (nSPS) is 33.5. The minimum Gasteiger partial charge on any atom is -0.325 e. The fourth-order valence-electron chi connectivity index (χ4n) is 5.57. The van der Waals surface area contributed by atoms with Crippen molar-refractivity contribution in [1.82, 2.24) is 5.32 Å². The quantitative estimate of drug-likeness (QED) is 0.853. The predicted molar refractivity (Wildman–Crippen MR) is 89.0 cm³/mol. The maximum atomic E-state index is 12.8. The number of nitrogens with one attached hydrogen (secondary N) is 2. The number of anilines is 1. The van der Waals surface area contributed by atoms with Crippen molar-refractivity contribution in [2.24, 2.45) is 17.8 Å². The van der Waals surface area contributed by atoms with Crippen molar-refractivity contribution in [2.75, 3.05) is 11.9 Å². The third-order valence-corrected chi connectivity index (χ3v) is 6.14. The summed E-state index contributed by atoms with van der Waals surface area (Å²) in [4.78, 5) is 12.2. The highest BCUT2D eigenvalue weighted by Crippen LogP contribution is 2.55.